The van der Waals surface area contributed by atoms with Crippen LogP contribution in [0.5, 0.6) is 0 Å². The lowest BCUT2D eigenvalue weighted by Crippen LogP contribution is -2.31. The van der Waals surface area contributed by atoms with Crippen molar-refractivity contribution in [2.75, 3.05) is 13.2 Å². The van der Waals surface area contributed by atoms with Gasteiger partial charge in [0.05, 0.1) is 5.41 Å². The van der Waals surface area contributed by atoms with Gasteiger partial charge in [-0.05, 0) is 47.5 Å². The molecule has 1 heterocycles. The number of allylic oxidation sites excluding steroid dienone is 1. The van der Waals surface area contributed by atoms with Crippen LogP contribution in [0.1, 0.15) is 33.1 Å². The van der Waals surface area contributed by atoms with Crippen LogP contribution in [0.15, 0.2) is 11.6 Å². The fourth-order valence-corrected chi connectivity index (χ4v) is 5.19. The smallest absolute Gasteiger partial charge is 0.317 e. The molecule has 0 bridgehead atoms. The highest BCUT2D eigenvalue weighted by Crippen LogP contribution is 2.79. The van der Waals surface area contributed by atoms with Crippen LogP contribution >= 0.6 is 0 Å². The molecule has 1 spiro atoms. The van der Waals surface area contributed by atoms with E-state index in [2.05, 4.69) is 19.9 Å². The molecule has 0 aromatic heterocycles. The molecule has 0 unspecified atom stereocenters. The number of rotatable bonds is 1. The normalized spacial score (nSPS) is 56.4. The van der Waals surface area contributed by atoms with Gasteiger partial charge in [-0.25, -0.2) is 0 Å². The lowest BCUT2D eigenvalue weighted by Gasteiger charge is -2.32. The molecule has 1 aliphatic heterocycles. The van der Waals surface area contributed by atoms with Gasteiger partial charge in [-0.2, -0.15) is 0 Å². The third-order valence-corrected chi connectivity index (χ3v) is 6.31. The standard InChI is InChI=1S/C15H20O3/c1-13(8-16)4-9-3-10-6-18-12(17)15(10)7-14(15,2)11(9)5-13/h3,9,11,16H,4-8H2,1-2H3/t9-,11+,13-,14-,15+/m1/s1. The van der Waals surface area contributed by atoms with Crippen LogP contribution in [0.3, 0.4) is 0 Å². The molecule has 4 rings (SSSR count). The van der Waals surface area contributed by atoms with Gasteiger partial charge in [0.15, 0.2) is 0 Å². The Labute approximate surface area is 107 Å². The van der Waals surface area contributed by atoms with Gasteiger partial charge in [0.2, 0.25) is 0 Å². The summed E-state index contributed by atoms with van der Waals surface area (Å²) < 4.78 is 5.30. The maximum absolute atomic E-state index is 12.1. The molecule has 18 heavy (non-hydrogen) atoms. The molecule has 98 valence electrons. The number of fused-ring (bicyclic) bond motifs is 2. The van der Waals surface area contributed by atoms with Crippen LogP contribution in [-0.4, -0.2) is 24.3 Å². The van der Waals surface area contributed by atoms with Crippen LogP contribution < -0.4 is 0 Å². The molecular weight excluding hydrogens is 228 g/mol. The Morgan fingerprint density at radius 2 is 2.22 bits per heavy atom. The Morgan fingerprint density at radius 3 is 2.94 bits per heavy atom. The van der Waals surface area contributed by atoms with Crippen molar-refractivity contribution in [1.82, 2.24) is 0 Å². The van der Waals surface area contributed by atoms with E-state index in [0.29, 0.717) is 18.4 Å². The Kier molecular flexibility index (Phi) is 1.74. The molecule has 3 heteroatoms. The predicted molar refractivity (Wildman–Crippen MR) is 65.6 cm³/mol. The second-order valence-electron chi connectivity index (χ2n) is 7.41. The Hall–Kier alpha value is -0.830. The van der Waals surface area contributed by atoms with Crippen LogP contribution in [0.25, 0.3) is 0 Å². The van der Waals surface area contributed by atoms with Gasteiger partial charge in [-0.15, -0.1) is 0 Å². The molecule has 0 aromatic rings. The summed E-state index contributed by atoms with van der Waals surface area (Å²) in [5.41, 5.74) is 1.11. The number of aliphatic hydroxyl groups excluding tert-OH is 1. The van der Waals surface area contributed by atoms with E-state index in [1.165, 1.54) is 5.57 Å². The summed E-state index contributed by atoms with van der Waals surface area (Å²) in [6.07, 6.45) is 5.37. The number of cyclic esters (lactones) is 1. The first-order valence-corrected chi connectivity index (χ1v) is 6.94. The first-order valence-electron chi connectivity index (χ1n) is 6.94. The monoisotopic (exact) mass is 248 g/mol. The number of carbonyl (C=O) groups is 1. The first kappa shape index (κ1) is 11.0. The van der Waals surface area contributed by atoms with Crippen molar-refractivity contribution in [2.45, 2.75) is 33.1 Å². The lowest BCUT2D eigenvalue weighted by atomic mass is 9.70. The second-order valence-corrected chi connectivity index (χ2v) is 7.41. The number of ether oxygens (including phenoxy) is 1. The summed E-state index contributed by atoms with van der Waals surface area (Å²) >= 11 is 0. The van der Waals surface area contributed by atoms with Crippen LogP contribution in [0, 0.1) is 28.1 Å². The van der Waals surface area contributed by atoms with Gasteiger partial charge >= 0.3 is 5.97 Å². The maximum atomic E-state index is 12.1. The number of aliphatic hydroxyl groups is 1. The minimum absolute atomic E-state index is 0.00676. The highest BCUT2D eigenvalue weighted by Gasteiger charge is 2.79. The molecule has 3 nitrogen and oxygen atoms in total. The van der Waals surface area contributed by atoms with Crippen LogP contribution in [0.4, 0.5) is 0 Å². The van der Waals surface area contributed by atoms with Gasteiger partial charge < -0.3 is 9.84 Å². The van der Waals surface area contributed by atoms with Gasteiger partial charge in [-0.3, -0.25) is 4.79 Å². The van der Waals surface area contributed by atoms with E-state index >= 15 is 0 Å². The van der Waals surface area contributed by atoms with Crippen LogP contribution in [-0.2, 0) is 9.53 Å². The van der Waals surface area contributed by atoms with E-state index in [4.69, 9.17) is 4.74 Å². The third kappa shape index (κ3) is 0.965. The van der Waals surface area contributed by atoms with Gasteiger partial charge in [-0.1, -0.05) is 19.9 Å². The Bertz CT molecular complexity index is 482. The predicted octanol–water partition coefficient (Wildman–Crippen LogP) is 1.90. The second kappa shape index (κ2) is 2.84. The van der Waals surface area contributed by atoms with Crippen molar-refractivity contribution in [3.63, 3.8) is 0 Å². The summed E-state index contributed by atoms with van der Waals surface area (Å²) in [4.78, 5) is 12.1. The molecular formula is C15H20O3. The van der Waals surface area contributed by atoms with E-state index in [1.54, 1.807) is 0 Å². The largest absolute Gasteiger partial charge is 0.460 e. The fraction of sp³-hybridized carbons (Fsp3) is 0.800. The SMILES string of the molecule is C[C@@]1(CO)C[C@H]2C=C3COC(=O)[C@]34C[C@]4(C)[C@H]2C1. The van der Waals surface area contributed by atoms with Crippen LogP contribution in [0.2, 0.25) is 0 Å². The highest BCUT2D eigenvalue weighted by molar-refractivity contribution is 5.89. The Balaban J connectivity index is 1.79. The fourth-order valence-electron chi connectivity index (χ4n) is 5.19. The topological polar surface area (TPSA) is 46.5 Å². The summed E-state index contributed by atoms with van der Waals surface area (Å²) in [6, 6.07) is 0. The quantitative estimate of drug-likeness (QED) is 0.569. The highest BCUT2D eigenvalue weighted by atomic mass is 16.5. The van der Waals surface area contributed by atoms with Crippen molar-refractivity contribution in [3.05, 3.63) is 11.6 Å². The molecule has 3 fully saturated rings. The molecule has 3 aliphatic carbocycles. The molecule has 5 atom stereocenters. The van der Waals surface area contributed by atoms with Crippen molar-refractivity contribution in [3.8, 4) is 0 Å². The molecule has 2 saturated carbocycles. The molecule has 0 amide bonds. The average molecular weight is 248 g/mol. The average Bonchev–Trinajstić information content (AvgIpc) is 2.68. The summed E-state index contributed by atoms with van der Waals surface area (Å²) in [6.45, 7) is 5.20. The van der Waals surface area contributed by atoms with Crippen molar-refractivity contribution in [1.29, 1.82) is 0 Å². The molecule has 1 N–H and O–H groups in total. The summed E-state index contributed by atoms with van der Waals surface area (Å²) in [5.74, 6) is 1.09. The molecule has 0 aromatic carbocycles. The third-order valence-electron chi connectivity index (χ3n) is 6.31. The van der Waals surface area contributed by atoms with E-state index in [1.807, 2.05) is 0 Å². The zero-order chi connectivity index (χ0) is 12.8. The Morgan fingerprint density at radius 1 is 1.44 bits per heavy atom. The lowest BCUT2D eigenvalue weighted by molar-refractivity contribution is -0.143. The van der Waals surface area contributed by atoms with Crippen molar-refractivity contribution < 1.29 is 14.6 Å². The summed E-state index contributed by atoms with van der Waals surface area (Å²) in [7, 11) is 0. The zero-order valence-corrected chi connectivity index (χ0v) is 11.0. The van der Waals surface area contributed by atoms with Gasteiger partial charge in [0.1, 0.15) is 6.61 Å². The number of hydrogen-bond donors (Lipinski definition) is 1. The molecule has 4 aliphatic rings. The molecule has 0 radical (unpaired) electrons. The minimum Gasteiger partial charge on any atom is -0.460 e. The first-order chi connectivity index (χ1) is 8.45. The maximum Gasteiger partial charge on any atom is 0.317 e. The van der Waals surface area contributed by atoms with Crippen molar-refractivity contribution >= 4 is 5.97 Å². The zero-order valence-electron chi connectivity index (χ0n) is 11.0. The van der Waals surface area contributed by atoms with Gasteiger partial charge in [0.25, 0.3) is 0 Å². The van der Waals surface area contributed by atoms with Gasteiger partial charge in [0, 0.05) is 6.61 Å². The minimum atomic E-state index is -0.269. The van der Waals surface area contributed by atoms with Crippen molar-refractivity contribution in [2.24, 2.45) is 28.1 Å². The number of carbonyl (C=O) groups excluding carboxylic acids is 1. The number of hydrogen-bond acceptors (Lipinski definition) is 3. The number of esters is 1. The van der Waals surface area contributed by atoms with E-state index < -0.39 is 0 Å². The van der Waals surface area contributed by atoms with E-state index in [9.17, 15) is 9.90 Å². The van der Waals surface area contributed by atoms with E-state index in [-0.39, 0.29) is 28.8 Å². The molecule has 1 saturated heterocycles. The van der Waals surface area contributed by atoms with E-state index in [0.717, 1.165) is 19.3 Å². The summed E-state index contributed by atoms with van der Waals surface area (Å²) in [5, 5.41) is 9.60.